The van der Waals surface area contributed by atoms with E-state index in [1.807, 2.05) is 6.92 Å². The lowest BCUT2D eigenvalue weighted by molar-refractivity contribution is -0.148. The Morgan fingerprint density at radius 2 is 1.17 bits per heavy atom. The lowest BCUT2D eigenvalue weighted by Crippen LogP contribution is -2.54. The van der Waals surface area contributed by atoms with Crippen LogP contribution in [0.5, 0.6) is 0 Å². The Balaban J connectivity index is 3.66. The number of aliphatic carboxylic acids is 1. The summed E-state index contributed by atoms with van der Waals surface area (Å²) in [7, 11) is 0. The van der Waals surface area contributed by atoms with Crippen molar-refractivity contribution in [2.45, 2.75) is 116 Å². The fraction of sp³-hybridized carbons (Fsp3) is 0.900. The Morgan fingerprint density at radius 1 is 0.750 bits per heavy atom. The SMILES string of the molecule is CCCCCCCCCCCCCCC(N)(C(=O)O)C(=O)CCC. The normalized spacial score (nSPS) is 13.6. The third-order valence-electron chi connectivity index (χ3n) is 4.78. The van der Waals surface area contributed by atoms with E-state index >= 15 is 0 Å². The van der Waals surface area contributed by atoms with Crippen molar-refractivity contribution < 1.29 is 14.7 Å². The smallest absolute Gasteiger partial charge is 0.331 e. The first kappa shape index (κ1) is 23.1. The summed E-state index contributed by atoms with van der Waals surface area (Å²) >= 11 is 0. The standard InChI is InChI=1S/C20H39NO3/c1-3-5-6-7-8-9-10-11-12-13-14-15-17-20(21,19(23)24)18(22)16-4-2/h3-17,21H2,1-2H3,(H,23,24). The van der Waals surface area contributed by atoms with Crippen LogP contribution in [0.15, 0.2) is 0 Å². The van der Waals surface area contributed by atoms with Crippen LogP contribution < -0.4 is 5.73 Å². The highest BCUT2D eigenvalue weighted by Gasteiger charge is 2.40. The van der Waals surface area contributed by atoms with Crippen LogP contribution in [-0.2, 0) is 9.59 Å². The van der Waals surface area contributed by atoms with Gasteiger partial charge in [0.1, 0.15) is 0 Å². The molecular weight excluding hydrogens is 302 g/mol. The van der Waals surface area contributed by atoms with E-state index in [9.17, 15) is 14.7 Å². The molecule has 0 spiro atoms. The quantitative estimate of drug-likeness (QED) is 0.280. The van der Waals surface area contributed by atoms with Gasteiger partial charge in [0.05, 0.1) is 0 Å². The summed E-state index contributed by atoms with van der Waals surface area (Å²) in [5.41, 5.74) is 4.18. The van der Waals surface area contributed by atoms with E-state index in [1.54, 1.807) is 0 Å². The molecule has 0 aliphatic heterocycles. The second-order valence-corrected chi connectivity index (χ2v) is 7.09. The van der Waals surface area contributed by atoms with Crippen molar-refractivity contribution in [2.24, 2.45) is 5.73 Å². The number of rotatable bonds is 17. The maximum atomic E-state index is 11.9. The van der Waals surface area contributed by atoms with Crippen molar-refractivity contribution >= 4 is 11.8 Å². The van der Waals surface area contributed by atoms with E-state index in [-0.39, 0.29) is 18.6 Å². The number of hydrogen-bond donors (Lipinski definition) is 2. The number of carbonyl (C=O) groups excluding carboxylic acids is 1. The van der Waals surface area contributed by atoms with E-state index in [0.717, 1.165) is 19.3 Å². The Labute approximate surface area is 148 Å². The molecule has 142 valence electrons. The number of hydrogen-bond acceptors (Lipinski definition) is 3. The summed E-state index contributed by atoms with van der Waals surface area (Å²) in [6.07, 6.45) is 15.8. The molecule has 4 heteroatoms. The summed E-state index contributed by atoms with van der Waals surface area (Å²) in [6, 6.07) is 0. The second-order valence-electron chi connectivity index (χ2n) is 7.09. The van der Waals surface area contributed by atoms with Gasteiger partial charge in [0.25, 0.3) is 0 Å². The molecule has 4 nitrogen and oxygen atoms in total. The molecule has 0 fully saturated rings. The van der Waals surface area contributed by atoms with Crippen LogP contribution in [0.25, 0.3) is 0 Å². The van der Waals surface area contributed by atoms with Crippen LogP contribution in [0.4, 0.5) is 0 Å². The van der Waals surface area contributed by atoms with E-state index in [2.05, 4.69) is 6.92 Å². The van der Waals surface area contributed by atoms with E-state index < -0.39 is 11.5 Å². The first-order chi connectivity index (χ1) is 11.5. The van der Waals surface area contributed by atoms with Crippen LogP contribution in [-0.4, -0.2) is 22.4 Å². The van der Waals surface area contributed by atoms with Crippen LogP contribution in [0.3, 0.4) is 0 Å². The topological polar surface area (TPSA) is 80.4 Å². The fourth-order valence-corrected chi connectivity index (χ4v) is 3.06. The Bertz CT molecular complexity index is 344. The van der Waals surface area contributed by atoms with Crippen LogP contribution in [0.1, 0.15) is 110 Å². The van der Waals surface area contributed by atoms with Crippen LogP contribution in [0, 0.1) is 0 Å². The van der Waals surface area contributed by atoms with Crippen molar-refractivity contribution in [3.05, 3.63) is 0 Å². The van der Waals surface area contributed by atoms with Crippen LogP contribution >= 0.6 is 0 Å². The average Bonchev–Trinajstić information content (AvgIpc) is 2.55. The number of carboxylic acid groups (broad SMARTS) is 1. The second kappa shape index (κ2) is 14.4. The molecule has 0 aliphatic carbocycles. The highest BCUT2D eigenvalue weighted by molar-refractivity contribution is 6.07. The van der Waals surface area contributed by atoms with Gasteiger partial charge < -0.3 is 10.8 Å². The number of unbranched alkanes of at least 4 members (excludes halogenated alkanes) is 11. The minimum atomic E-state index is -1.67. The van der Waals surface area contributed by atoms with Gasteiger partial charge in [0.15, 0.2) is 11.3 Å². The van der Waals surface area contributed by atoms with Gasteiger partial charge in [0.2, 0.25) is 0 Å². The van der Waals surface area contributed by atoms with Crippen molar-refractivity contribution in [1.29, 1.82) is 0 Å². The minimum Gasteiger partial charge on any atom is -0.480 e. The lowest BCUT2D eigenvalue weighted by atomic mass is 9.86. The zero-order valence-electron chi connectivity index (χ0n) is 15.9. The largest absolute Gasteiger partial charge is 0.480 e. The Morgan fingerprint density at radius 3 is 1.54 bits per heavy atom. The Hall–Kier alpha value is -0.900. The molecule has 3 N–H and O–H groups in total. The number of carboxylic acids is 1. The lowest BCUT2D eigenvalue weighted by Gasteiger charge is -2.23. The van der Waals surface area contributed by atoms with Gasteiger partial charge in [-0.05, 0) is 12.8 Å². The highest BCUT2D eigenvalue weighted by atomic mass is 16.4. The summed E-state index contributed by atoms with van der Waals surface area (Å²) in [5.74, 6) is -1.51. The summed E-state index contributed by atoms with van der Waals surface area (Å²) in [6.45, 7) is 4.11. The molecule has 0 rings (SSSR count). The molecule has 24 heavy (non-hydrogen) atoms. The molecular formula is C20H39NO3. The van der Waals surface area contributed by atoms with Gasteiger partial charge in [0, 0.05) is 6.42 Å². The van der Waals surface area contributed by atoms with E-state index in [0.29, 0.717) is 6.42 Å². The molecule has 1 atom stereocenters. The van der Waals surface area contributed by atoms with Crippen molar-refractivity contribution in [1.82, 2.24) is 0 Å². The van der Waals surface area contributed by atoms with Crippen molar-refractivity contribution in [2.75, 3.05) is 0 Å². The highest BCUT2D eigenvalue weighted by Crippen LogP contribution is 2.18. The molecule has 0 saturated heterocycles. The van der Waals surface area contributed by atoms with Crippen molar-refractivity contribution in [3.8, 4) is 0 Å². The molecule has 1 unspecified atom stereocenters. The van der Waals surface area contributed by atoms with Crippen molar-refractivity contribution in [3.63, 3.8) is 0 Å². The first-order valence-corrected chi connectivity index (χ1v) is 10.0. The predicted octanol–water partition coefficient (Wildman–Crippen LogP) is 5.23. The fourth-order valence-electron chi connectivity index (χ4n) is 3.06. The number of ketones is 1. The maximum absolute atomic E-state index is 11.9. The zero-order valence-corrected chi connectivity index (χ0v) is 15.9. The summed E-state index contributed by atoms with van der Waals surface area (Å²) in [5, 5.41) is 9.26. The zero-order chi connectivity index (χ0) is 18.3. The monoisotopic (exact) mass is 341 g/mol. The maximum Gasteiger partial charge on any atom is 0.331 e. The molecule has 0 radical (unpaired) electrons. The third kappa shape index (κ3) is 10.1. The first-order valence-electron chi connectivity index (χ1n) is 10.0. The van der Waals surface area contributed by atoms with E-state index in [4.69, 9.17) is 5.73 Å². The molecule has 0 amide bonds. The van der Waals surface area contributed by atoms with Gasteiger partial charge >= 0.3 is 5.97 Å². The average molecular weight is 342 g/mol. The summed E-state index contributed by atoms with van der Waals surface area (Å²) < 4.78 is 0. The molecule has 0 aromatic carbocycles. The van der Waals surface area contributed by atoms with Gasteiger partial charge in [-0.1, -0.05) is 90.9 Å². The molecule has 0 saturated carbocycles. The minimum absolute atomic E-state index is 0.251. The van der Waals surface area contributed by atoms with Gasteiger partial charge in [-0.3, -0.25) is 4.79 Å². The van der Waals surface area contributed by atoms with E-state index in [1.165, 1.54) is 57.8 Å². The van der Waals surface area contributed by atoms with Gasteiger partial charge in [-0.15, -0.1) is 0 Å². The molecule has 0 aliphatic rings. The van der Waals surface area contributed by atoms with Gasteiger partial charge in [-0.25, -0.2) is 4.79 Å². The van der Waals surface area contributed by atoms with Crippen LogP contribution in [0.2, 0.25) is 0 Å². The molecule has 0 heterocycles. The Kier molecular flexibility index (Phi) is 13.9. The predicted molar refractivity (Wildman–Crippen MR) is 100 cm³/mol. The summed E-state index contributed by atoms with van der Waals surface area (Å²) in [4.78, 5) is 23.3. The molecule has 0 aromatic rings. The molecule has 0 aromatic heterocycles. The van der Waals surface area contributed by atoms with Gasteiger partial charge in [-0.2, -0.15) is 0 Å². The number of Topliss-reactive ketones (excluding diaryl/α,β-unsaturated/α-hetero) is 1. The molecule has 0 bridgehead atoms. The third-order valence-corrected chi connectivity index (χ3v) is 4.78. The number of carbonyl (C=O) groups is 2. The number of nitrogens with two attached hydrogens (primary N) is 1.